The van der Waals surface area contributed by atoms with Crippen LogP contribution in [0.15, 0.2) is 42.7 Å². The van der Waals surface area contributed by atoms with Crippen molar-refractivity contribution in [2.75, 3.05) is 7.05 Å². The Kier molecular flexibility index (Phi) is 3.13. The van der Waals surface area contributed by atoms with E-state index in [4.69, 9.17) is 0 Å². The highest BCUT2D eigenvalue weighted by molar-refractivity contribution is 7.19. The molecule has 0 bridgehead atoms. The Hall–Kier alpha value is -1.65. The molecule has 2 aromatic heterocycles. The van der Waals surface area contributed by atoms with Crippen LogP contribution in [0.25, 0.3) is 10.1 Å². The van der Waals surface area contributed by atoms with Gasteiger partial charge in [-0.3, -0.25) is 0 Å². The number of imidazole rings is 1. The zero-order valence-electron chi connectivity index (χ0n) is 10.2. The van der Waals surface area contributed by atoms with Gasteiger partial charge in [0.15, 0.2) is 0 Å². The Balaban J connectivity index is 1.90. The average molecular weight is 257 g/mol. The molecule has 1 atom stereocenters. The molecule has 1 unspecified atom stereocenters. The highest BCUT2D eigenvalue weighted by Crippen LogP contribution is 2.30. The van der Waals surface area contributed by atoms with Gasteiger partial charge in [0.1, 0.15) is 5.82 Å². The van der Waals surface area contributed by atoms with Gasteiger partial charge in [-0.05, 0) is 24.6 Å². The lowest BCUT2D eigenvalue weighted by atomic mass is 10.1. The first kappa shape index (κ1) is 11.4. The van der Waals surface area contributed by atoms with Gasteiger partial charge in [0.2, 0.25) is 0 Å². The molecule has 3 rings (SSSR count). The third-order valence-corrected chi connectivity index (χ3v) is 4.32. The zero-order valence-corrected chi connectivity index (χ0v) is 11.0. The number of rotatable bonds is 4. The zero-order chi connectivity index (χ0) is 12.4. The van der Waals surface area contributed by atoms with Crippen LogP contribution in [-0.2, 0) is 6.42 Å². The third-order valence-electron chi connectivity index (χ3n) is 3.09. The summed E-state index contributed by atoms with van der Waals surface area (Å²) in [5.41, 5.74) is 0. The molecule has 0 amide bonds. The van der Waals surface area contributed by atoms with E-state index in [-0.39, 0.29) is 0 Å². The predicted molar refractivity (Wildman–Crippen MR) is 75.9 cm³/mol. The maximum absolute atomic E-state index is 4.29. The van der Waals surface area contributed by atoms with Crippen LogP contribution in [0.1, 0.15) is 16.7 Å². The van der Waals surface area contributed by atoms with Crippen LogP contribution >= 0.6 is 11.3 Å². The molecule has 0 aliphatic carbocycles. The second kappa shape index (κ2) is 4.92. The van der Waals surface area contributed by atoms with E-state index in [2.05, 4.69) is 45.6 Å². The Labute approximate surface area is 110 Å². The van der Waals surface area contributed by atoms with Crippen molar-refractivity contribution in [3.63, 3.8) is 0 Å². The maximum atomic E-state index is 4.29. The molecule has 4 heteroatoms. The highest BCUT2D eigenvalue weighted by Gasteiger charge is 2.14. The van der Waals surface area contributed by atoms with Crippen LogP contribution in [-0.4, -0.2) is 17.0 Å². The molecule has 2 heterocycles. The molecule has 3 nitrogen and oxygen atoms in total. The summed E-state index contributed by atoms with van der Waals surface area (Å²) in [6, 6.07) is 11.1. The van der Waals surface area contributed by atoms with Crippen molar-refractivity contribution in [1.29, 1.82) is 0 Å². The van der Waals surface area contributed by atoms with Crippen LogP contribution in [0, 0.1) is 0 Å². The van der Waals surface area contributed by atoms with Gasteiger partial charge < -0.3 is 10.3 Å². The molecular weight excluding hydrogens is 242 g/mol. The Bertz CT molecular complexity index is 594. The molecule has 0 fully saturated rings. The SMILES string of the molecule is CNC(Cc1ncc[nH]1)c1cc2ccccc2s1. The summed E-state index contributed by atoms with van der Waals surface area (Å²) in [5, 5.41) is 4.68. The van der Waals surface area contributed by atoms with Crippen LogP contribution in [0.2, 0.25) is 0 Å². The Morgan fingerprint density at radius 2 is 2.28 bits per heavy atom. The third kappa shape index (κ3) is 2.17. The summed E-state index contributed by atoms with van der Waals surface area (Å²) in [6.45, 7) is 0. The molecule has 1 aromatic carbocycles. The second-order valence-electron chi connectivity index (χ2n) is 4.27. The topological polar surface area (TPSA) is 40.7 Å². The quantitative estimate of drug-likeness (QED) is 0.754. The Morgan fingerprint density at radius 1 is 1.39 bits per heavy atom. The first-order chi connectivity index (χ1) is 8.86. The summed E-state index contributed by atoms with van der Waals surface area (Å²) >= 11 is 1.85. The minimum atomic E-state index is 0.313. The fourth-order valence-electron chi connectivity index (χ4n) is 2.12. The van der Waals surface area contributed by atoms with Crippen molar-refractivity contribution in [2.24, 2.45) is 0 Å². The van der Waals surface area contributed by atoms with Crippen molar-refractivity contribution >= 4 is 21.4 Å². The fraction of sp³-hybridized carbons (Fsp3) is 0.214. The number of hydrogen-bond donors (Lipinski definition) is 2. The number of H-pyrrole nitrogens is 1. The lowest BCUT2D eigenvalue weighted by molar-refractivity contribution is 0.588. The van der Waals surface area contributed by atoms with Gasteiger partial charge in [-0.25, -0.2) is 4.98 Å². The molecule has 0 radical (unpaired) electrons. The van der Waals surface area contributed by atoms with Gasteiger partial charge in [0.25, 0.3) is 0 Å². The van der Waals surface area contributed by atoms with Crippen LogP contribution in [0.5, 0.6) is 0 Å². The van der Waals surface area contributed by atoms with Gasteiger partial charge >= 0.3 is 0 Å². The minimum absolute atomic E-state index is 0.313. The van der Waals surface area contributed by atoms with Gasteiger partial charge in [0.05, 0.1) is 0 Å². The molecule has 0 aliphatic heterocycles. The van der Waals surface area contributed by atoms with Crippen molar-refractivity contribution in [3.8, 4) is 0 Å². The molecule has 2 N–H and O–H groups in total. The lowest BCUT2D eigenvalue weighted by Gasteiger charge is -2.12. The second-order valence-corrected chi connectivity index (χ2v) is 5.38. The summed E-state index contributed by atoms with van der Waals surface area (Å²) in [4.78, 5) is 8.81. The van der Waals surface area contributed by atoms with E-state index in [0.29, 0.717) is 6.04 Å². The molecule has 18 heavy (non-hydrogen) atoms. The van der Waals surface area contributed by atoms with Crippen molar-refractivity contribution in [2.45, 2.75) is 12.5 Å². The minimum Gasteiger partial charge on any atom is -0.349 e. The number of fused-ring (bicyclic) bond motifs is 1. The standard InChI is InChI=1S/C14H15N3S/c1-15-11(9-14-16-6-7-17-14)13-8-10-4-2-3-5-12(10)18-13/h2-8,11,15H,9H2,1H3,(H,16,17). The van der Waals surface area contributed by atoms with E-state index in [1.54, 1.807) is 6.20 Å². The first-order valence-corrected chi connectivity index (χ1v) is 6.82. The number of aromatic amines is 1. The highest BCUT2D eigenvalue weighted by atomic mass is 32.1. The van der Waals surface area contributed by atoms with E-state index >= 15 is 0 Å². The number of nitrogens with one attached hydrogen (secondary N) is 2. The number of nitrogens with zero attached hydrogens (tertiary/aromatic N) is 1. The molecule has 0 saturated carbocycles. The number of hydrogen-bond acceptors (Lipinski definition) is 3. The largest absolute Gasteiger partial charge is 0.349 e. The van der Waals surface area contributed by atoms with Crippen LogP contribution in [0.4, 0.5) is 0 Å². The van der Waals surface area contributed by atoms with E-state index in [9.17, 15) is 0 Å². The van der Waals surface area contributed by atoms with Crippen LogP contribution in [0.3, 0.4) is 0 Å². The van der Waals surface area contributed by atoms with E-state index in [1.807, 2.05) is 24.6 Å². The monoisotopic (exact) mass is 257 g/mol. The number of aromatic nitrogens is 2. The fourth-order valence-corrected chi connectivity index (χ4v) is 3.30. The van der Waals surface area contributed by atoms with Gasteiger partial charge in [0, 0.05) is 34.4 Å². The molecule has 0 spiro atoms. The average Bonchev–Trinajstić information content (AvgIpc) is 3.04. The van der Waals surface area contributed by atoms with E-state index < -0.39 is 0 Å². The smallest absolute Gasteiger partial charge is 0.107 e. The predicted octanol–water partition coefficient (Wildman–Crippen LogP) is 3.13. The van der Waals surface area contributed by atoms with E-state index in [0.717, 1.165) is 12.2 Å². The molecule has 0 saturated heterocycles. The number of thiophene rings is 1. The number of benzene rings is 1. The molecule has 92 valence electrons. The van der Waals surface area contributed by atoms with Crippen LogP contribution < -0.4 is 5.32 Å². The summed E-state index contributed by atoms with van der Waals surface area (Å²) in [5.74, 6) is 1.02. The molecule has 0 aliphatic rings. The molecular formula is C14H15N3S. The molecule has 3 aromatic rings. The lowest BCUT2D eigenvalue weighted by Crippen LogP contribution is -2.18. The summed E-state index contributed by atoms with van der Waals surface area (Å²) in [7, 11) is 2.00. The van der Waals surface area contributed by atoms with Crippen molar-refractivity contribution in [1.82, 2.24) is 15.3 Å². The van der Waals surface area contributed by atoms with Crippen molar-refractivity contribution in [3.05, 3.63) is 53.4 Å². The van der Waals surface area contributed by atoms with Gasteiger partial charge in [-0.1, -0.05) is 18.2 Å². The normalized spacial score (nSPS) is 12.9. The van der Waals surface area contributed by atoms with Crippen molar-refractivity contribution < 1.29 is 0 Å². The van der Waals surface area contributed by atoms with Gasteiger partial charge in [-0.2, -0.15) is 0 Å². The first-order valence-electron chi connectivity index (χ1n) is 6.01. The Morgan fingerprint density at radius 3 is 3.00 bits per heavy atom. The maximum Gasteiger partial charge on any atom is 0.107 e. The summed E-state index contributed by atoms with van der Waals surface area (Å²) in [6.07, 6.45) is 4.55. The van der Waals surface area contributed by atoms with E-state index in [1.165, 1.54) is 15.0 Å². The summed E-state index contributed by atoms with van der Waals surface area (Å²) < 4.78 is 1.34. The van der Waals surface area contributed by atoms with Gasteiger partial charge in [-0.15, -0.1) is 11.3 Å². The number of likely N-dealkylation sites (N-methyl/N-ethyl adjacent to an activating group) is 1.